The van der Waals surface area contributed by atoms with Crippen molar-refractivity contribution in [1.82, 2.24) is 24.4 Å². The molecule has 2 aromatic heterocycles. The van der Waals surface area contributed by atoms with Gasteiger partial charge >= 0.3 is 0 Å². The fourth-order valence-corrected chi connectivity index (χ4v) is 4.89. The van der Waals surface area contributed by atoms with Crippen molar-refractivity contribution in [3.63, 3.8) is 0 Å². The second-order valence-corrected chi connectivity index (χ2v) is 9.13. The van der Waals surface area contributed by atoms with Crippen LogP contribution in [-0.4, -0.2) is 68.8 Å². The highest BCUT2D eigenvalue weighted by Gasteiger charge is 2.29. The van der Waals surface area contributed by atoms with Gasteiger partial charge in [-0.3, -0.25) is 9.59 Å². The Kier molecular flexibility index (Phi) is 6.14. The summed E-state index contributed by atoms with van der Waals surface area (Å²) in [6.07, 6.45) is 12.5. The third-order valence-electron chi connectivity index (χ3n) is 6.90. The van der Waals surface area contributed by atoms with Gasteiger partial charge in [-0.1, -0.05) is 12.2 Å². The van der Waals surface area contributed by atoms with Crippen molar-refractivity contribution in [3.8, 4) is 0 Å². The van der Waals surface area contributed by atoms with Gasteiger partial charge in [-0.15, -0.1) is 0 Å². The van der Waals surface area contributed by atoms with Crippen molar-refractivity contribution in [2.45, 2.75) is 38.1 Å². The van der Waals surface area contributed by atoms with Gasteiger partial charge in [0, 0.05) is 50.3 Å². The van der Waals surface area contributed by atoms with Gasteiger partial charge in [0.25, 0.3) is 5.91 Å². The first-order valence-electron chi connectivity index (χ1n) is 11.9. The summed E-state index contributed by atoms with van der Waals surface area (Å²) in [6, 6.07) is 0. The molecule has 10 nitrogen and oxygen atoms in total. The summed E-state index contributed by atoms with van der Waals surface area (Å²) >= 11 is 0. The fraction of sp³-hybridized carbons (Fsp3) is 0.458. The smallest absolute Gasteiger partial charge is 0.256 e. The molecule has 10 heteroatoms. The Labute approximate surface area is 198 Å². The maximum Gasteiger partial charge on any atom is 0.256 e. The minimum Gasteiger partial charge on any atom is -0.383 e. The zero-order chi connectivity index (χ0) is 23.7. The number of likely N-dealkylation sites (tertiary alicyclic amines) is 1. The summed E-state index contributed by atoms with van der Waals surface area (Å²) in [7, 11) is 0. The van der Waals surface area contributed by atoms with Crippen LogP contribution in [0, 0.1) is 0 Å². The number of rotatable bonds is 7. The third-order valence-corrected chi connectivity index (χ3v) is 6.90. The number of hydrogen-bond donors (Lipinski definition) is 2. The number of nitrogens with two attached hydrogens (primary N) is 2. The van der Waals surface area contributed by atoms with Crippen LogP contribution in [0.2, 0.25) is 0 Å². The molecule has 0 radical (unpaired) electrons. The molecule has 2 aliphatic heterocycles. The minimum atomic E-state index is -0.621. The number of carbonyl (C=O) groups is 2. The number of ketones is 1. The Morgan fingerprint density at radius 3 is 2.59 bits per heavy atom. The Hall–Kier alpha value is -3.53. The average Bonchev–Trinajstić information content (AvgIpc) is 3.22. The second kappa shape index (κ2) is 9.38. The zero-order valence-electron chi connectivity index (χ0n) is 19.2. The van der Waals surface area contributed by atoms with Crippen LogP contribution < -0.4 is 16.4 Å². The molecule has 3 aliphatic rings. The first-order valence-corrected chi connectivity index (χ1v) is 11.9. The molecule has 0 unspecified atom stereocenters. The molecule has 4 heterocycles. The maximum absolute atomic E-state index is 11.9. The molecular weight excluding hydrogens is 432 g/mol. The molecular formula is C24H30N8O2. The molecule has 2 saturated heterocycles. The molecule has 2 aromatic rings. The number of imidazole rings is 1. The van der Waals surface area contributed by atoms with Crippen LogP contribution in [0.1, 0.15) is 53.5 Å². The topological polar surface area (TPSA) is 136 Å². The number of nitrogen functional groups attached to an aromatic ring is 1. The normalized spacial score (nSPS) is 19.2. The number of allylic oxidation sites excluding steroid dienone is 4. The molecule has 34 heavy (non-hydrogen) atoms. The van der Waals surface area contributed by atoms with Gasteiger partial charge in [0.1, 0.15) is 29.4 Å². The predicted octanol–water partition coefficient (Wildman–Crippen LogP) is 1.36. The van der Waals surface area contributed by atoms with Crippen molar-refractivity contribution < 1.29 is 9.59 Å². The minimum absolute atomic E-state index is 0.106. The largest absolute Gasteiger partial charge is 0.383 e. The van der Waals surface area contributed by atoms with Crippen LogP contribution in [0.4, 0.5) is 11.6 Å². The molecule has 1 amide bonds. The lowest BCUT2D eigenvalue weighted by Crippen LogP contribution is -2.39. The molecule has 1 aliphatic carbocycles. The van der Waals surface area contributed by atoms with E-state index in [1.54, 1.807) is 6.08 Å². The molecule has 0 spiro atoms. The van der Waals surface area contributed by atoms with E-state index in [-0.39, 0.29) is 23.1 Å². The Morgan fingerprint density at radius 2 is 1.91 bits per heavy atom. The van der Waals surface area contributed by atoms with Crippen molar-refractivity contribution in [1.29, 1.82) is 0 Å². The van der Waals surface area contributed by atoms with Crippen LogP contribution in [-0.2, 0) is 11.3 Å². The van der Waals surface area contributed by atoms with Crippen LogP contribution in [0.15, 0.2) is 30.8 Å². The summed E-state index contributed by atoms with van der Waals surface area (Å²) in [5, 5.41) is 0. The van der Waals surface area contributed by atoms with Gasteiger partial charge < -0.3 is 25.8 Å². The van der Waals surface area contributed by atoms with Gasteiger partial charge in [-0.2, -0.15) is 0 Å². The number of aromatic nitrogens is 4. The van der Waals surface area contributed by atoms with E-state index in [0.717, 1.165) is 56.1 Å². The van der Waals surface area contributed by atoms with Crippen molar-refractivity contribution >= 4 is 28.9 Å². The van der Waals surface area contributed by atoms with Crippen LogP contribution in [0.25, 0.3) is 5.57 Å². The summed E-state index contributed by atoms with van der Waals surface area (Å²) in [4.78, 5) is 41.6. The van der Waals surface area contributed by atoms with E-state index in [2.05, 4.69) is 25.6 Å². The maximum atomic E-state index is 11.9. The number of carbonyl (C=O) groups excluding carboxylic acids is 2. The van der Waals surface area contributed by atoms with E-state index < -0.39 is 5.91 Å². The van der Waals surface area contributed by atoms with Crippen molar-refractivity contribution in [2.24, 2.45) is 5.73 Å². The number of anilines is 2. The van der Waals surface area contributed by atoms with Gasteiger partial charge in [-0.05, 0) is 38.4 Å². The number of hydrogen-bond acceptors (Lipinski definition) is 8. The highest BCUT2D eigenvalue weighted by molar-refractivity contribution is 6.02. The molecule has 178 valence electrons. The average molecular weight is 463 g/mol. The van der Waals surface area contributed by atoms with Gasteiger partial charge in [0.2, 0.25) is 0 Å². The Balaban J connectivity index is 1.36. The van der Waals surface area contributed by atoms with Crippen LogP contribution >= 0.6 is 0 Å². The number of piperidine rings is 1. The SMILES string of the molecule is NC(=O)c1c(N)ncnc1N1CCC(c2nc(C3=CC(=O)CC=C3)cn2CCN2CCC2)CC1. The zero-order valence-corrected chi connectivity index (χ0v) is 19.2. The molecule has 0 saturated carbocycles. The number of nitrogens with zero attached hydrogens (tertiary/aromatic N) is 6. The molecule has 0 bridgehead atoms. The molecule has 0 atom stereocenters. The summed E-state index contributed by atoms with van der Waals surface area (Å²) < 4.78 is 2.26. The lowest BCUT2D eigenvalue weighted by atomic mass is 9.95. The lowest BCUT2D eigenvalue weighted by molar-refractivity contribution is -0.113. The van der Waals surface area contributed by atoms with Gasteiger partial charge in [-0.25, -0.2) is 15.0 Å². The highest BCUT2D eigenvalue weighted by Crippen LogP contribution is 2.33. The molecule has 2 fully saturated rings. The summed E-state index contributed by atoms with van der Waals surface area (Å²) in [6.45, 7) is 5.59. The van der Waals surface area contributed by atoms with Gasteiger partial charge in [0.15, 0.2) is 5.78 Å². The van der Waals surface area contributed by atoms with Crippen molar-refractivity contribution in [2.75, 3.05) is 43.4 Å². The summed E-state index contributed by atoms with van der Waals surface area (Å²) in [5.74, 6) is 1.41. The second-order valence-electron chi connectivity index (χ2n) is 9.13. The van der Waals surface area contributed by atoms with E-state index >= 15 is 0 Å². The van der Waals surface area contributed by atoms with E-state index in [1.165, 1.54) is 12.7 Å². The molecule has 4 N–H and O–H groups in total. The van der Waals surface area contributed by atoms with E-state index in [9.17, 15) is 9.59 Å². The predicted molar refractivity (Wildman–Crippen MR) is 129 cm³/mol. The highest BCUT2D eigenvalue weighted by atomic mass is 16.1. The number of amides is 1. The third kappa shape index (κ3) is 4.45. The monoisotopic (exact) mass is 462 g/mol. The van der Waals surface area contributed by atoms with E-state index in [1.807, 2.05) is 17.1 Å². The summed E-state index contributed by atoms with van der Waals surface area (Å²) in [5.41, 5.74) is 13.3. The lowest BCUT2D eigenvalue weighted by Gasteiger charge is -2.34. The quantitative estimate of drug-likeness (QED) is 0.629. The first kappa shape index (κ1) is 22.3. The van der Waals surface area contributed by atoms with E-state index in [0.29, 0.717) is 25.3 Å². The van der Waals surface area contributed by atoms with Gasteiger partial charge in [0.05, 0.1) is 5.69 Å². The molecule has 5 rings (SSSR count). The number of primary amides is 1. The van der Waals surface area contributed by atoms with Crippen LogP contribution in [0.3, 0.4) is 0 Å². The van der Waals surface area contributed by atoms with E-state index in [4.69, 9.17) is 16.5 Å². The Bertz CT molecular complexity index is 1160. The fourth-order valence-electron chi connectivity index (χ4n) is 4.89. The van der Waals surface area contributed by atoms with Crippen molar-refractivity contribution in [3.05, 3.63) is 47.8 Å². The first-order chi connectivity index (χ1) is 16.5. The Morgan fingerprint density at radius 1 is 1.12 bits per heavy atom. The standard InChI is InChI=1S/C24H30N8O2/c25-21-20(22(26)34)24(28-15-27-21)31-9-5-16(6-10-31)23-29-19(17-3-1-4-18(33)13-17)14-32(23)12-11-30-7-2-8-30/h1,3,13-16H,2,4-12H2,(H2,26,34)(H2,25,27,28). The van der Waals surface area contributed by atoms with Crippen LogP contribution in [0.5, 0.6) is 0 Å². The molecule has 0 aromatic carbocycles.